The van der Waals surface area contributed by atoms with Crippen LogP contribution in [0.3, 0.4) is 0 Å². The summed E-state index contributed by atoms with van der Waals surface area (Å²) in [6.07, 6.45) is -3.33. The molecule has 2 aliphatic heterocycles. The Labute approximate surface area is 188 Å². The summed E-state index contributed by atoms with van der Waals surface area (Å²) in [5.74, 6) is -0.865. The average Bonchev–Trinajstić information content (AvgIpc) is 3.50. The molecule has 33 heavy (non-hydrogen) atoms. The van der Waals surface area contributed by atoms with Crippen LogP contribution in [0.15, 0.2) is 47.1 Å². The van der Waals surface area contributed by atoms with Crippen molar-refractivity contribution in [2.75, 3.05) is 33.4 Å². The fourth-order valence-corrected chi connectivity index (χ4v) is 4.01. The molecule has 2 aliphatic rings. The first kappa shape index (κ1) is 24.6. The number of methoxy groups -OCH3 is 1. The van der Waals surface area contributed by atoms with E-state index in [0.717, 1.165) is 25.4 Å². The van der Waals surface area contributed by atoms with Crippen LogP contribution in [-0.4, -0.2) is 67.5 Å². The van der Waals surface area contributed by atoms with Gasteiger partial charge in [0.15, 0.2) is 5.76 Å². The van der Waals surface area contributed by atoms with Gasteiger partial charge in [-0.3, -0.25) is 9.69 Å². The number of aliphatic carboxylic acids is 1. The Bertz CT molecular complexity index is 934. The fraction of sp³-hybridized carbons (Fsp3) is 0.455. The van der Waals surface area contributed by atoms with Crippen molar-refractivity contribution >= 4 is 11.9 Å². The van der Waals surface area contributed by atoms with E-state index in [9.17, 15) is 18.0 Å². The van der Waals surface area contributed by atoms with Gasteiger partial charge in [0.1, 0.15) is 5.75 Å². The standard InChI is InChI=1S/C20H24N2O4.C2HF3O2/c1-24-17-6-3-2-5-14(17)10-22-11-16-15(13-26-19(16)12-22)9-21-20(23)18-7-4-8-25-18;3-2(4,5)1(6)7/h2-8,15-16,19H,9-13H2,1H3,(H,21,23);(H,6,7)/t15-,16+,19+;/m0./s1. The van der Waals surface area contributed by atoms with Gasteiger partial charge >= 0.3 is 12.1 Å². The van der Waals surface area contributed by atoms with Crippen LogP contribution in [0.4, 0.5) is 13.2 Å². The zero-order valence-electron chi connectivity index (χ0n) is 17.9. The van der Waals surface area contributed by atoms with Crippen molar-refractivity contribution in [1.82, 2.24) is 10.2 Å². The third kappa shape index (κ3) is 6.48. The van der Waals surface area contributed by atoms with Crippen LogP contribution in [0, 0.1) is 11.8 Å². The molecule has 0 bridgehead atoms. The van der Waals surface area contributed by atoms with Crippen molar-refractivity contribution in [2.45, 2.75) is 18.8 Å². The highest BCUT2D eigenvalue weighted by Crippen LogP contribution is 2.34. The monoisotopic (exact) mass is 470 g/mol. The molecule has 0 radical (unpaired) electrons. The number of amides is 1. The number of fused-ring (bicyclic) bond motifs is 1. The molecular weight excluding hydrogens is 445 g/mol. The topological polar surface area (TPSA) is 101 Å². The van der Waals surface area contributed by atoms with Gasteiger partial charge in [-0.2, -0.15) is 13.2 Å². The maximum atomic E-state index is 12.1. The molecule has 1 aromatic heterocycles. The number of rotatable bonds is 6. The van der Waals surface area contributed by atoms with Gasteiger partial charge in [-0.1, -0.05) is 18.2 Å². The number of carboxylic acid groups (broad SMARTS) is 1. The molecule has 0 unspecified atom stereocenters. The Kier molecular flexibility index (Phi) is 7.98. The van der Waals surface area contributed by atoms with E-state index in [1.807, 2.05) is 18.2 Å². The number of carbonyl (C=O) groups excluding carboxylic acids is 1. The van der Waals surface area contributed by atoms with Crippen molar-refractivity contribution in [3.63, 3.8) is 0 Å². The summed E-state index contributed by atoms with van der Waals surface area (Å²) >= 11 is 0. The van der Waals surface area contributed by atoms with E-state index in [1.165, 1.54) is 11.8 Å². The number of carbonyl (C=O) groups is 2. The van der Waals surface area contributed by atoms with Gasteiger partial charge in [-0.15, -0.1) is 0 Å². The Hall–Kier alpha value is -3.05. The minimum atomic E-state index is -5.08. The highest BCUT2D eigenvalue weighted by molar-refractivity contribution is 5.91. The molecule has 0 saturated carbocycles. The summed E-state index contributed by atoms with van der Waals surface area (Å²) in [6, 6.07) is 11.5. The number of nitrogens with zero attached hydrogens (tertiary/aromatic N) is 1. The second-order valence-electron chi connectivity index (χ2n) is 7.79. The summed E-state index contributed by atoms with van der Waals surface area (Å²) < 4.78 is 48.3. The van der Waals surface area contributed by atoms with Gasteiger partial charge < -0.3 is 24.3 Å². The highest BCUT2D eigenvalue weighted by Gasteiger charge is 2.43. The number of hydrogen-bond acceptors (Lipinski definition) is 6. The number of benzene rings is 1. The number of carboxylic acids is 1. The van der Waals surface area contributed by atoms with Gasteiger partial charge in [-0.25, -0.2) is 4.79 Å². The number of hydrogen-bond donors (Lipinski definition) is 2. The van der Waals surface area contributed by atoms with E-state index in [0.29, 0.717) is 30.7 Å². The summed E-state index contributed by atoms with van der Waals surface area (Å²) in [5.41, 5.74) is 1.19. The van der Waals surface area contributed by atoms with Gasteiger partial charge in [0.05, 0.1) is 26.1 Å². The van der Waals surface area contributed by atoms with Crippen molar-refractivity contribution in [3.8, 4) is 5.75 Å². The number of alkyl halides is 3. The zero-order valence-corrected chi connectivity index (χ0v) is 17.9. The Morgan fingerprint density at radius 2 is 1.94 bits per heavy atom. The Morgan fingerprint density at radius 1 is 1.21 bits per heavy atom. The van der Waals surface area contributed by atoms with E-state index < -0.39 is 12.1 Å². The largest absolute Gasteiger partial charge is 0.496 e. The van der Waals surface area contributed by atoms with Gasteiger partial charge in [0.2, 0.25) is 0 Å². The average molecular weight is 470 g/mol. The number of para-hydroxylation sites is 1. The minimum Gasteiger partial charge on any atom is -0.496 e. The van der Waals surface area contributed by atoms with Crippen molar-refractivity contribution in [3.05, 3.63) is 54.0 Å². The molecule has 2 N–H and O–H groups in total. The molecule has 2 aromatic rings. The maximum absolute atomic E-state index is 12.1. The van der Waals surface area contributed by atoms with Gasteiger partial charge in [0.25, 0.3) is 5.91 Å². The highest BCUT2D eigenvalue weighted by atomic mass is 19.4. The maximum Gasteiger partial charge on any atom is 0.490 e. The van der Waals surface area contributed by atoms with Crippen LogP contribution in [0.5, 0.6) is 5.75 Å². The first-order valence-corrected chi connectivity index (χ1v) is 10.3. The number of likely N-dealkylation sites (tertiary alicyclic amines) is 1. The molecule has 180 valence electrons. The third-order valence-electron chi connectivity index (χ3n) is 5.61. The lowest BCUT2D eigenvalue weighted by molar-refractivity contribution is -0.192. The predicted octanol–water partition coefficient (Wildman–Crippen LogP) is 2.80. The molecule has 3 atom stereocenters. The second-order valence-corrected chi connectivity index (χ2v) is 7.79. The van der Waals surface area contributed by atoms with E-state index in [2.05, 4.69) is 16.3 Å². The SMILES string of the molecule is COc1ccccc1CN1C[C@@H]2[C@@H](CNC(=O)c3ccco3)CO[C@@H]2C1.O=C(O)C(F)(F)F. The van der Waals surface area contributed by atoms with E-state index in [-0.39, 0.29) is 12.0 Å². The number of ether oxygens (including phenoxy) is 2. The van der Waals surface area contributed by atoms with Crippen LogP contribution in [0.1, 0.15) is 16.1 Å². The molecule has 0 spiro atoms. The number of furan rings is 1. The van der Waals surface area contributed by atoms with Crippen LogP contribution in [0.2, 0.25) is 0 Å². The van der Waals surface area contributed by atoms with Crippen LogP contribution >= 0.6 is 0 Å². The number of nitrogens with one attached hydrogen (secondary N) is 1. The molecule has 0 aliphatic carbocycles. The quantitative estimate of drug-likeness (QED) is 0.670. The van der Waals surface area contributed by atoms with Crippen LogP contribution in [-0.2, 0) is 16.1 Å². The van der Waals surface area contributed by atoms with Crippen molar-refractivity contribution in [2.24, 2.45) is 11.8 Å². The van der Waals surface area contributed by atoms with Crippen molar-refractivity contribution < 1.29 is 41.8 Å². The lowest BCUT2D eigenvalue weighted by atomic mass is 9.93. The van der Waals surface area contributed by atoms with Gasteiger partial charge in [-0.05, 0) is 18.2 Å². The predicted molar refractivity (Wildman–Crippen MR) is 110 cm³/mol. The summed E-state index contributed by atoms with van der Waals surface area (Å²) in [5, 5.41) is 10.1. The van der Waals surface area contributed by atoms with Crippen molar-refractivity contribution in [1.29, 1.82) is 0 Å². The molecule has 3 heterocycles. The summed E-state index contributed by atoms with van der Waals surface area (Å²) in [4.78, 5) is 23.4. The first-order chi connectivity index (χ1) is 15.7. The van der Waals surface area contributed by atoms with E-state index in [1.54, 1.807) is 19.2 Å². The summed E-state index contributed by atoms with van der Waals surface area (Å²) in [6.45, 7) is 4.07. The second kappa shape index (κ2) is 10.7. The van der Waals surface area contributed by atoms with Crippen LogP contribution < -0.4 is 10.1 Å². The van der Waals surface area contributed by atoms with E-state index in [4.69, 9.17) is 23.8 Å². The fourth-order valence-electron chi connectivity index (χ4n) is 4.01. The lowest BCUT2D eigenvalue weighted by Gasteiger charge is -2.20. The Balaban J connectivity index is 0.000000383. The Morgan fingerprint density at radius 3 is 2.58 bits per heavy atom. The molecule has 1 amide bonds. The van der Waals surface area contributed by atoms with E-state index >= 15 is 0 Å². The molecule has 2 fully saturated rings. The number of halogens is 3. The molecule has 11 heteroatoms. The molecule has 4 rings (SSSR count). The first-order valence-electron chi connectivity index (χ1n) is 10.3. The summed E-state index contributed by atoms with van der Waals surface area (Å²) in [7, 11) is 1.71. The molecule has 2 saturated heterocycles. The molecular formula is C22H25F3N2O6. The molecule has 1 aromatic carbocycles. The van der Waals surface area contributed by atoms with Gasteiger partial charge in [0, 0.05) is 43.6 Å². The minimum absolute atomic E-state index is 0.165. The third-order valence-corrected chi connectivity index (χ3v) is 5.61. The zero-order chi connectivity index (χ0) is 24.0. The molecule has 8 nitrogen and oxygen atoms in total. The normalized spacial score (nSPS) is 22.2. The lowest BCUT2D eigenvalue weighted by Crippen LogP contribution is -2.34. The van der Waals surface area contributed by atoms with Crippen LogP contribution in [0.25, 0.3) is 0 Å². The smallest absolute Gasteiger partial charge is 0.490 e.